The summed E-state index contributed by atoms with van der Waals surface area (Å²) in [6.45, 7) is 3.08. The average molecular weight is 568 g/mol. The van der Waals surface area contributed by atoms with Crippen molar-refractivity contribution < 1.29 is 33.9 Å². The lowest BCUT2D eigenvalue weighted by atomic mass is 10.0. The number of nitrogens with two attached hydrogens (primary N) is 1. The molecule has 4 unspecified atom stereocenters. The standard InChI is InChI=1S/C26H38ClN5O7/c1-16(22(34)15-27)29-24(37)19(10-6-7-13-28)31-25(38)20(11-12-23(35)36)32-26(39)21(30-17(2)33)14-18-8-4-3-5-9-18/h3-5,8-9,16,19-21H,6-7,10-15,28H2,1-2H3,(H,29,37)(H,30,33)(H,31,38)(H,32,39)(H,35,36). The Kier molecular flexibility index (Phi) is 15.4. The lowest BCUT2D eigenvalue weighted by molar-refractivity contribution is -0.138. The summed E-state index contributed by atoms with van der Waals surface area (Å²) in [4.78, 5) is 74.0. The summed E-state index contributed by atoms with van der Waals surface area (Å²) in [6.07, 6.45) is 0.693. The number of benzene rings is 1. The molecule has 0 fully saturated rings. The first-order valence-corrected chi connectivity index (χ1v) is 13.2. The fraction of sp³-hybridized carbons (Fsp3) is 0.538. The first kappa shape index (κ1) is 33.5. The van der Waals surface area contributed by atoms with Crippen molar-refractivity contribution in [2.75, 3.05) is 12.4 Å². The quantitative estimate of drug-likeness (QED) is 0.105. The van der Waals surface area contributed by atoms with Crippen LogP contribution < -0.4 is 27.0 Å². The van der Waals surface area contributed by atoms with Crippen LogP contribution in [0.25, 0.3) is 0 Å². The predicted molar refractivity (Wildman–Crippen MR) is 145 cm³/mol. The molecule has 0 bridgehead atoms. The smallest absolute Gasteiger partial charge is 0.303 e. The van der Waals surface area contributed by atoms with Crippen LogP contribution >= 0.6 is 11.6 Å². The fourth-order valence-corrected chi connectivity index (χ4v) is 3.89. The number of aliphatic carboxylic acids is 1. The maximum absolute atomic E-state index is 13.2. The summed E-state index contributed by atoms with van der Waals surface area (Å²) in [5.41, 5.74) is 6.30. The summed E-state index contributed by atoms with van der Waals surface area (Å²) in [6, 6.07) is 4.60. The minimum absolute atomic E-state index is 0.135. The van der Waals surface area contributed by atoms with E-state index in [1.165, 1.54) is 13.8 Å². The molecule has 0 heterocycles. The van der Waals surface area contributed by atoms with Crippen LogP contribution in [0.4, 0.5) is 0 Å². The van der Waals surface area contributed by atoms with Gasteiger partial charge in [-0.05, 0) is 44.7 Å². The number of ketones is 1. The molecule has 12 nitrogen and oxygen atoms in total. The predicted octanol–water partition coefficient (Wildman–Crippen LogP) is 0.00980. The number of rotatable bonds is 18. The van der Waals surface area contributed by atoms with E-state index in [0.29, 0.717) is 19.4 Å². The Labute approximate surface area is 232 Å². The monoisotopic (exact) mass is 567 g/mol. The van der Waals surface area contributed by atoms with Crippen molar-refractivity contribution in [1.29, 1.82) is 0 Å². The average Bonchev–Trinajstić information content (AvgIpc) is 2.89. The minimum atomic E-state index is -1.31. The number of halogens is 1. The molecule has 1 aromatic carbocycles. The number of carbonyl (C=O) groups is 6. The number of hydrogen-bond donors (Lipinski definition) is 6. The Morgan fingerprint density at radius 2 is 1.41 bits per heavy atom. The Morgan fingerprint density at radius 1 is 0.846 bits per heavy atom. The number of carboxylic acid groups (broad SMARTS) is 1. The molecule has 4 amide bonds. The highest BCUT2D eigenvalue weighted by Crippen LogP contribution is 2.08. The molecule has 39 heavy (non-hydrogen) atoms. The molecule has 4 atom stereocenters. The number of hydrogen-bond acceptors (Lipinski definition) is 7. The van der Waals surface area contributed by atoms with Gasteiger partial charge in [0.25, 0.3) is 0 Å². The normalized spacial score (nSPS) is 13.7. The van der Waals surface area contributed by atoms with Crippen molar-refractivity contribution in [1.82, 2.24) is 21.3 Å². The summed E-state index contributed by atoms with van der Waals surface area (Å²) >= 11 is 5.56. The number of carbonyl (C=O) groups excluding carboxylic acids is 5. The first-order chi connectivity index (χ1) is 18.5. The molecule has 216 valence electrons. The molecule has 0 aliphatic heterocycles. The molecule has 1 aromatic rings. The highest BCUT2D eigenvalue weighted by atomic mass is 35.5. The summed E-state index contributed by atoms with van der Waals surface area (Å²) in [7, 11) is 0. The minimum Gasteiger partial charge on any atom is -0.481 e. The molecule has 0 aliphatic carbocycles. The van der Waals surface area contributed by atoms with Crippen LogP contribution in [0.15, 0.2) is 30.3 Å². The third-order valence-electron chi connectivity index (χ3n) is 5.81. The number of alkyl halides is 1. The number of carboxylic acids is 1. The van der Waals surface area contributed by atoms with Crippen molar-refractivity contribution in [3.05, 3.63) is 35.9 Å². The van der Waals surface area contributed by atoms with Crippen LogP contribution in [-0.4, -0.2) is 77.1 Å². The number of Topliss-reactive ketones (excluding diaryl/α,β-unsaturated/α-hetero) is 1. The van der Waals surface area contributed by atoms with E-state index in [1.54, 1.807) is 30.3 Å². The largest absolute Gasteiger partial charge is 0.481 e. The molecule has 0 aromatic heterocycles. The molecular weight excluding hydrogens is 530 g/mol. The van der Waals surface area contributed by atoms with E-state index in [2.05, 4.69) is 21.3 Å². The van der Waals surface area contributed by atoms with Crippen LogP contribution in [0.1, 0.15) is 51.5 Å². The van der Waals surface area contributed by atoms with Gasteiger partial charge >= 0.3 is 5.97 Å². The third kappa shape index (κ3) is 13.2. The molecule has 13 heteroatoms. The highest BCUT2D eigenvalue weighted by Gasteiger charge is 2.30. The topological polar surface area (TPSA) is 197 Å². The molecular formula is C26H38ClN5O7. The van der Waals surface area contributed by atoms with E-state index in [0.717, 1.165) is 5.56 Å². The Morgan fingerprint density at radius 3 is 1.95 bits per heavy atom. The molecule has 0 radical (unpaired) electrons. The van der Waals surface area contributed by atoms with Crippen molar-refractivity contribution in [3.8, 4) is 0 Å². The SMILES string of the molecule is CC(=O)NC(Cc1ccccc1)C(=O)NC(CCC(=O)O)C(=O)NC(CCCCN)C(=O)NC(C)C(=O)CCl. The van der Waals surface area contributed by atoms with Crippen molar-refractivity contribution in [2.45, 2.75) is 76.5 Å². The molecule has 7 N–H and O–H groups in total. The zero-order valence-electron chi connectivity index (χ0n) is 22.2. The van der Waals surface area contributed by atoms with Gasteiger partial charge in [0, 0.05) is 19.8 Å². The van der Waals surface area contributed by atoms with Gasteiger partial charge in [-0.1, -0.05) is 30.3 Å². The van der Waals surface area contributed by atoms with E-state index in [1.807, 2.05) is 0 Å². The summed E-state index contributed by atoms with van der Waals surface area (Å²) in [5.74, 6) is -4.46. The lowest BCUT2D eigenvalue weighted by Gasteiger charge is -2.26. The second-order valence-electron chi connectivity index (χ2n) is 9.11. The Bertz CT molecular complexity index is 992. The Hall–Kier alpha value is -3.51. The molecule has 0 spiro atoms. The summed E-state index contributed by atoms with van der Waals surface area (Å²) in [5, 5.41) is 19.3. The van der Waals surface area contributed by atoms with Gasteiger partial charge in [-0.3, -0.25) is 28.8 Å². The van der Waals surface area contributed by atoms with Gasteiger partial charge in [-0.25, -0.2) is 0 Å². The van der Waals surface area contributed by atoms with Gasteiger partial charge in [-0.2, -0.15) is 0 Å². The maximum Gasteiger partial charge on any atom is 0.303 e. The van der Waals surface area contributed by atoms with E-state index in [-0.39, 0.29) is 25.1 Å². The molecule has 1 rings (SSSR count). The first-order valence-electron chi connectivity index (χ1n) is 12.7. The van der Waals surface area contributed by atoms with Gasteiger partial charge in [0.2, 0.25) is 23.6 Å². The number of unbranched alkanes of at least 4 members (excludes halogenated alkanes) is 1. The van der Waals surface area contributed by atoms with E-state index in [9.17, 15) is 28.8 Å². The van der Waals surface area contributed by atoms with Crippen LogP contribution in [0, 0.1) is 0 Å². The van der Waals surface area contributed by atoms with Gasteiger partial charge in [-0.15, -0.1) is 11.6 Å². The van der Waals surface area contributed by atoms with Crippen LogP contribution in [-0.2, 0) is 35.2 Å². The van der Waals surface area contributed by atoms with Crippen LogP contribution in [0.2, 0.25) is 0 Å². The summed E-state index contributed by atoms with van der Waals surface area (Å²) < 4.78 is 0. The number of amides is 4. The number of nitrogens with one attached hydrogen (secondary N) is 4. The zero-order chi connectivity index (χ0) is 29.4. The zero-order valence-corrected chi connectivity index (χ0v) is 23.0. The van der Waals surface area contributed by atoms with Crippen molar-refractivity contribution in [3.63, 3.8) is 0 Å². The second kappa shape index (κ2) is 17.9. The van der Waals surface area contributed by atoms with Gasteiger partial charge in [0.1, 0.15) is 18.1 Å². The van der Waals surface area contributed by atoms with E-state index < -0.39 is 66.0 Å². The molecule has 0 saturated carbocycles. The lowest BCUT2D eigenvalue weighted by Crippen LogP contribution is -2.57. The highest BCUT2D eigenvalue weighted by molar-refractivity contribution is 6.28. The van der Waals surface area contributed by atoms with Gasteiger partial charge < -0.3 is 32.1 Å². The van der Waals surface area contributed by atoms with Crippen LogP contribution in [0.5, 0.6) is 0 Å². The third-order valence-corrected chi connectivity index (χ3v) is 6.07. The fourth-order valence-electron chi connectivity index (χ4n) is 3.66. The van der Waals surface area contributed by atoms with Gasteiger partial charge in [0.05, 0.1) is 11.9 Å². The van der Waals surface area contributed by atoms with Crippen molar-refractivity contribution in [2.24, 2.45) is 5.73 Å². The molecule has 0 aliphatic rings. The van der Waals surface area contributed by atoms with E-state index >= 15 is 0 Å². The Balaban J connectivity index is 3.09. The van der Waals surface area contributed by atoms with Gasteiger partial charge in [0.15, 0.2) is 5.78 Å². The van der Waals surface area contributed by atoms with Crippen molar-refractivity contribution >= 4 is 47.0 Å². The maximum atomic E-state index is 13.2. The van der Waals surface area contributed by atoms with Crippen LogP contribution in [0.3, 0.4) is 0 Å². The van der Waals surface area contributed by atoms with E-state index in [4.69, 9.17) is 22.4 Å². The second-order valence-corrected chi connectivity index (χ2v) is 9.38. The molecule has 0 saturated heterocycles.